The maximum Gasteiger partial charge on any atom is 0.412 e. The zero-order valence-corrected chi connectivity index (χ0v) is 28.1. The van der Waals surface area contributed by atoms with Crippen molar-refractivity contribution in [1.82, 2.24) is 0 Å². The van der Waals surface area contributed by atoms with Crippen LogP contribution in [0.1, 0.15) is 97.6 Å². The molecule has 228 valence electrons. The summed E-state index contributed by atoms with van der Waals surface area (Å²) in [5.41, 5.74) is 4.03. The number of ketones is 1. The molecule has 1 aliphatic rings. The number of hydrogen-bond acceptors (Lipinski definition) is 6. The first-order chi connectivity index (χ1) is 18.9. The summed E-state index contributed by atoms with van der Waals surface area (Å²) < 4.78 is 12.1. The number of phenolic OH excluding ortho intramolecular Hbond substituents is 1. The van der Waals surface area contributed by atoms with Crippen molar-refractivity contribution in [2.75, 3.05) is 10.6 Å². The molecule has 1 aliphatic heterocycles. The number of anilines is 2. The topological polar surface area (TPSA) is 114 Å². The molecule has 0 saturated carbocycles. The van der Waals surface area contributed by atoms with Gasteiger partial charge in [-0.05, 0) is 74.5 Å². The fourth-order valence-electron chi connectivity index (χ4n) is 5.04. The Kier molecular flexibility index (Phi) is 12.6. The smallest absolute Gasteiger partial charge is 0.412 e. The summed E-state index contributed by atoms with van der Waals surface area (Å²) >= 11 is 0. The van der Waals surface area contributed by atoms with Gasteiger partial charge in [-0.1, -0.05) is 61.5 Å². The molecule has 41 heavy (non-hydrogen) atoms. The van der Waals surface area contributed by atoms with Crippen molar-refractivity contribution in [1.29, 1.82) is 0 Å². The van der Waals surface area contributed by atoms with Gasteiger partial charge >= 0.3 is 6.09 Å². The number of ether oxygens (including phenoxy) is 1. The van der Waals surface area contributed by atoms with Gasteiger partial charge in [0.25, 0.3) is 20.0 Å². The molecule has 9 heteroatoms. The minimum Gasteiger partial charge on any atom is -0.542 e. The number of hydrogen-bond donors (Lipinski definition) is 3. The standard InChI is InChI=1S/C21H37NO3Si.C9H7NO3.C2H6/c1-14(2)26(15(3)4,16(5)6)25-19-13-18(12-11-17(19)7)22-20(23)24-21(8,9)10;1-4-2-5-6(3-7(4)11)10-9(13)8(5)12;1-2/h11-16H,1-10H3,(H,22,23);2-3,11H,1H3,(H,10,12,13);1-2H3. The first-order valence-corrected chi connectivity index (χ1v) is 16.5. The van der Waals surface area contributed by atoms with E-state index >= 15 is 0 Å². The molecule has 0 aliphatic carbocycles. The second-order valence-corrected chi connectivity index (χ2v) is 17.4. The number of amides is 2. The van der Waals surface area contributed by atoms with Gasteiger partial charge in [0, 0.05) is 17.8 Å². The zero-order chi connectivity index (χ0) is 31.9. The number of Topliss-reactive ketones (excluding diaryl/α,β-unsaturated/α-hetero) is 1. The molecule has 0 saturated heterocycles. The predicted octanol–water partition coefficient (Wildman–Crippen LogP) is 8.76. The van der Waals surface area contributed by atoms with Crippen LogP contribution < -0.4 is 15.1 Å². The first kappa shape index (κ1) is 35.7. The Morgan fingerprint density at radius 1 is 0.902 bits per heavy atom. The van der Waals surface area contributed by atoms with Crippen LogP contribution in [-0.4, -0.2) is 36.8 Å². The van der Waals surface area contributed by atoms with Gasteiger partial charge in [-0.25, -0.2) is 4.79 Å². The normalized spacial score (nSPS) is 12.7. The summed E-state index contributed by atoms with van der Waals surface area (Å²) in [4.78, 5) is 34.1. The second kappa shape index (κ2) is 14.5. The zero-order valence-electron chi connectivity index (χ0n) is 27.1. The van der Waals surface area contributed by atoms with Crippen LogP contribution in [0.4, 0.5) is 16.2 Å². The minimum atomic E-state index is -2.04. The van der Waals surface area contributed by atoms with Crippen LogP contribution in [0.5, 0.6) is 11.5 Å². The number of carbonyl (C=O) groups excluding carboxylic acids is 3. The first-order valence-electron chi connectivity index (χ1n) is 14.4. The largest absolute Gasteiger partial charge is 0.542 e. The molecule has 0 spiro atoms. The van der Waals surface area contributed by atoms with Gasteiger partial charge < -0.3 is 19.6 Å². The van der Waals surface area contributed by atoms with Crippen LogP contribution in [0.2, 0.25) is 16.6 Å². The molecule has 8 nitrogen and oxygen atoms in total. The minimum absolute atomic E-state index is 0.0775. The molecule has 0 unspecified atom stereocenters. The number of aromatic hydroxyl groups is 1. The van der Waals surface area contributed by atoms with Crippen LogP contribution >= 0.6 is 0 Å². The van der Waals surface area contributed by atoms with E-state index in [4.69, 9.17) is 9.16 Å². The summed E-state index contributed by atoms with van der Waals surface area (Å²) in [6.07, 6.45) is -0.451. The van der Waals surface area contributed by atoms with Crippen LogP contribution in [0, 0.1) is 13.8 Å². The predicted molar refractivity (Wildman–Crippen MR) is 170 cm³/mol. The molecule has 2 aromatic carbocycles. The van der Waals surface area contributed by atoms with E-state index in [9.17, 15) is 19.5 Å². The van der Waals surface area contributed by atoms with E-state index in [1.54, 1.807) is 6.92 Å². The molecule has 0 radical (unpaired) electrons. The Hall–Kier alpha value is -3.33. The summed E-state index contributed by atoms with van der Waals surface area (Å²) in [7, 11) is -2.04. The average Bonchev–Trinajstić information content (AvgIpc) is 3.11. The lowest BCUT2D eigenvalue weighted by Gasteiger charge is -2.42. The fourth-order valence-corrected chi connectivity index (χ4v) is 10.4. The summed E-state index contributed by atoms with van der Waals surface area (Å²) in [6.45, 7) is 26.9. The Bertz CT molecular complexity index is 1210. The Balaban J connectivity index is 0.000000463. The van der Waals surface area contributed by atoms with Crippen LogP contribution in [0.3, 0.4) is 0 Å². The summed E-state index contributed by atoms with van der Waals surface area (Å²) in [5, 5.41) is 14.5. The fraction of sp³-hybridized carbons (Fsp3) is 0.531. The molecule has 0 fully saturated rings. The average molecular weight is 587 g/mol. The maximum absolute atomic E-state index is 12.1. The number of aryl methyl sites for hydroxylation is 2. The lowest BCUT2D eigenvalue weighted by molar-refractivity contribution is -0.112. The monoisotopic (exact) mass is 586 g/mol. The van der Waals surface area contributed by atoms with Crippen LogP contribution in [-0.2, 0) is 9.53 Å². The van der Waals surface area contributed by atoms with E-state index < -0.39 is 31.7 Å². The highest BCUT2D eigenvalue weighted by atomic mass is 28.4. The number of rotatable bonds is 6. The van der Waals surface area contributed by atoms with Crippen LogP contribution in [0.25, 0.3) is 0 Å². The highest BCUT2D eigenvalue weighted by Crippen LogP contribution is 2.43. The maximum atomic E-state index is 12.1. The van der Waals surface area contributed by atoms with E-state index in [-0.39, 0.29) is 5.75 Å². The van der Waals surface area contributed by atoms with E-state index in [0.29, 0.717) is 39.1 Å². The molecule has 1 heterocycles. The van der Waals surface area contributed by atoms with E-state index in [0.717, 1.165) is 11.3 Å². The Labute approximate surface area is 247 Å². The third-order valence-electron chi connectivity index (χ3n) is 6.86. The van der Waals surface area contributed by atoms with E-state index in [1.807, 2.05) is 59.7 Å². The van der Waals surface area contributed by atoms with E-state index in [2.05, 4.69) is 52.2 Å². The van der Waals surface area contributed by atoms with Crippen molar-refractivity contribution in [3.05, 3.63) is 47.0 Å². The summed E-state index contributed by atoms with van der Waals surface area (Å²) in [5.74, 6) is -0.242. The van der Waals surface area contributed by atoms with Gasteiger partial charge in [-0.15, -0.1) is 0 Å². The molecule has 2 amide bonds. The van der Waals surface area contributed by atoms with Crippen molar-refractivity contribution in [3.8, 4) is 11.5 Å². The number of phenols is 1. The number of benzene rings is 2. The molecule has 0 aromatic heterocycles. The van der Waals surface area contributed by atoms with Crippen molar-refractivity contribution in [2.24, 2.45) is 0 Å². The van der Waals surface area contributed by atoms with E-state index in [1.165, 1.54) is 12.1 Å². The molecular weight excluding hydrogens is 536 g/mol. The van der Waals surface area contributed by atoms with Crippen molar-refractivity contribution in [3.63, 3.8) is 0 Å². The third kappa shape index (κ3) is 9.08. The molecular formula is C32H50N2O6Si. The van der Waals surface area contributed by atoms with Crippen LogP contribution in [0.15, 0.2) is 30.3 Å². The van der Waals surface area contributed by atoms with Gasteiger partial charge in [-0.2, -0.15) is 0 Å². The Morgan fingerprint density at radius 2 is 1.44 bits per heavy atom. The molecule has 0 atom stereocenters. The third-order valence-corrected chi connectivity index (χ3v) is 12.9. The molecule has 3 N–H and O–H groups in total. The highest BCUT2D eigenvalue weighted by Gasteiger charge is 2.47. The van der Waals surface area contributed by atoms with Gasteiger partial charge in [0.2, 0.25) is 0 Å². The Morgan fingerprint density at radius 3 is 1.93 bits per heavy atom. The quantitative estimate of drug-likeness (QED) is 0.230. The van der Waals surface area contributed by atoms with Crippen molar-refractivity contribution in [2.45, 2.75) is 112 Å². The second-order valence-electron chi connectivity index (χ2n) is 12.0. The van der Waals surface area contributed by atoms with Gasteiger partial charge in [0.15, 0.2) is 0 Å². The molecule has 2 aromatic rings. The molecule has 3 rings (SSSR count). The number of carbonyl (C=O) groups is 3. The lowest BCUT2D eigenvalue weighted by Crippen LogP contribution is -2.50. The van der Waals surface area contributed by atoms with Crippen molar-refractivity contribution < 1.29 is 28.7 Å². The highest BCUT2D eigenvalue weighted by molar-refractivity contribution is 6.78. The van der Waals surface area contributed by atoms with Gasteiger partial charge in [0.1, 0.15) is 17.1 Å². The number of fused-ring (bicyclic) bond motifs is 1. The number of nitrogens with one attached hydrogen (secondary N) is 2. The van der Waals surface area contributed by atoms with Gasteiger partial charge in [-0.3, -0.25) is 14.9 Å². The van der Waals surface area contributed by atoms with Crippen molar-refractivity contribution >= 4 is 37.5 Å². The SMILES string of the molecule is CC.Cc1cc2c(cc1O)NC(=O)C2=O.Cc1ccc(NC(=O)OC(C)(C)C)cc1O[Si](C(C)C)(C(C)C)C(C)C. The van der Waals surface area contributed by atoms with Gasteiger partial charge in [0.05, 0.1) is 11.3 Å². The molecule has 0 bridgehead atoms. The summed E-state index contributed by atoms with van der Waals surface area (Å²) in [6, 6.07) is 8.68. The lowest BCUT2D eigenvalue weighted by atomic mass is 10.1.